The molecule has 0 aromatic heterocycles. The number of phenolic OH excluding ortho intramolecular Hbond substituents is 1. The van der Waals surface area contributed by atoms with Crippen LogP contribution in [0.3, 0.4) is 0 Å². The Bertz CT molecular complexity index is 686. The summed E-state index contributed by atoms with van der Waals surface area (Å²) >= 11 is 3.00. The van der Waals surface area contributed by atoms with Crippen molar-refractivity contribution < 1.29 is 19.6 Å². The fraction of sp³-hybridized carbons (Fsp3) is 0.167. The number of hydrogen-bond acceptors (Lipinski definition) is 5. The Hall–Kier alpha value is -2.42. The molecule has 8 nitrogen and oxygen atoms in total. The summed E-state index contributed by atoms with van der Waals surface area (Å²) in [4.78, 5) is 34.5. The molecule has 0 spiro atoms. The van der Waals surface area contributed by atoms with Crippen LogP contribution in [0.2, 0.25) is 0 Å². The smallest absolute Gasteiger partial charge is 0.328 e. The Morgan fingerprint density at radius 3 is 2.67 bits per heavy atom. The standard InChI is InChI=1S/C12H10BrN3O5/c1-2-15-11(18)8(14-12(15)19)4-6-3-7(13)10(17)9(5-6)16(20)21/h3-5,17H,2H2,1H3,(H,14,19)/b8-4+. The van der Waals surface area contributed by atoms with E-state index >= 15 is 0 Å². The fourth-order valence-corrected chi connectivity index (χ4v) is 2.32. The third kappa shape index (κ3) is 2.72. The number of carbonyl (C=O) groups is 2. The molecule has 1 aromatic carbocycles. The van der Waals surface area contributed by atoms with Gasteiger partial charge in [0.25, 0.3) is 5.91 Å². The first-order valence-corrected chi connectivity index (χ1v) is 6.66. The van der Waals surface area contributed by atoms with E-state index in [9.17, 15) is 24.8 Å². The van der Waals surface area contributed by atoms with E-state index in [2.05, 4.69) is 21.2 Å². The minimum atomic E-state index is -0.741. The van der Waals surface area contributed by atoms with Gasteiger partial charge >= 0.3 is 11.7 Å². The molecule has 1 saturated heterocycles. The van der Waals surface area contributed by atoms with Crippen LogP contribution in [0.5, 0.6) is 5.75 Å². The zero-order valence-corrected chi connectivity index (χ0v) is 12.4. The number of halogens is 1. The van der Waals surface area contributed by atoms with Crippen molar-refractivity contribution in [2.45, 2.75) is 6.92 Å². The number of aromatic hydroxyl groups is 1. The maximum Gasteiger partial charge on any atom is 0.328 e. The highest BCUT2D eigenvalue weighted by Gasteiger charge is 2.32. The number of hydrogen-bond donors (Lipinski definition) is 2. The SMILES string of the molecule is CCN1C(=O)N/C(=C/c2cc(Br)c(O)c([N+](=O)[O-])c2)C1=O. The lowest BCUT2D eigenvalue weighted by Crippen LogP contribution is -2.30. The summed E-state index contributed by atoms with van der Waals surface area (Å²) in [5, 5.41) is 22.8. The average Bonchev–Trinajstić information content (AvgIpc) is 2.67. The maximum atomic E-state index is 11.9. The molecule has 0 atom stereocenters. The third-order valence-corrected chi connectivity index (χ3v) is 3.46. The van der Waals surface area contributed by atoms with E-state index in [4.69, 9.17) is 0 Å². The first kappa shape index (κ1) is 15.0. The molecule has 1 aliphatic rings. The molecule has 1 heterocycles. The summed E-state index contributed by atoms with van der Waals surface area (Å²) in [5.74, 6) is -1.01. The number of likely N-dealkylation sites (N-methyl/N-ethyl adjacent to an activating group) is 1. The molecule has 1 aliphatic heterocycles. The van der Waals surface area contributed by atoms with Crippen LogP contribution in [-0.2, 0) is 4.79 Å². The molecule has 1 fully saturated rings. The van der Waals surface area contributed by atoms with Gasteiger partial charge in [0.1, 0.15) is 5.70 Å². The first-order chi connectivity index (χ1) is 9.85. The van der Waals surface area contributed by atoms with Gasteiger partial charge in [-0.1, -0.05) is 0 Å². The van der Waals surface area contributed by atoms with E-state index in [0.717, 1.165) is 11.0 Å². The number of nitro groups is 1. The van der Waals surface area contributed by atoms with E-state index in [-0.39, 0.29) is 16.7 Å². The second-order valence-electron chi connectivity index (χ2n) is 4.17. The maximum absolute atomic E-state index is 11.9. The van der Waals surface area contributed by atoms with Crippen molar-refractivity contribution in [3.8, 4) is 5.75 Å². The molecule has 0 aliphatic carbocycles. The van der Waals surface area contributed by atoms with Crippen LogP contribution in [0.4, 0.5) is 10.5 Å². The van der Waals surface area contributed by atoms with Crippen molar-refractivity contribution in [2.75, 3.05) is 6.54 Å². The summed E-state index contributed by atoms with van der Waals surface area (Å²) in [5.41, 5.74) is -0.179. The van der Waals surface area contributed by atoms with Crippen LogP contribution < -0.4 is 5.32 Å². The number of rotatable bonds is 3. The van der Waals surface area contributed by atoms with Gasteiger partial charge in [-0.05, 0) is 40.6 Å². The van der Waals surface area contributed by atoms with Gasteiger partial charge in [0.05, 0.1) is 9.40 Å². The quantitative estimate of drug-likeness (QED) is 0.372. The molecule has 0 unspecified atom stereocenters. The lowest BCUT2D eigenvalue weighted by molar-refractivity contribution is -0.386. The summed E-state index contributed by atoms with van der Waals surface area (Å²) in [6.07, 6.45) is 1.31. The topological polar surface area (TPSA) is 113 Å². The highest BCUT2D eigenvalue weighted by atomic mass is 79.9. The number of imide groups is 1. The molecular weight excluding hydrogens is 346 g/mol. The Morgan fingerprint density at radius 2 is 2.14 bits per heavy atom. The number of carbonyl (C=O) groups excluding carboxylic acids is 2. The van der Waals surface area contributed by atoms with Crippen molar-refractivity contribution in [1.29, 1.82) is 0 Å². The molecule has 0 bridgehead atoms. The lowest BCUT2D eigenvalue weighted by atomic mass is 10.1. The molecule has 3 amide bonds. The van der Waals surface area contributed by atoms with E-state index in [0.29, 0.717) is 5.56 Å². The third-order valence-electron chi connectivity index (χ3n) is 2.85. The number of amides is 3. The lowest BCUT2D eigenvalue weighted by Gasteiger charge is -2.06. The van der Waals surface area contributed by atoms with Crippen molar-refractivity contribution in [3.63, 3.8) is 0 Å². The number of nitro benzene ring substituents is 1. The van der Waals surface area contributed by atoms with Gasteiger partial charge in [-0.15, -0.1) is 0 Å². The summed E-state index contributed by atoms with van der Waals surface area (Å²) < 4.78 is 0.118. The fourth-order valence-electron chi connectivity index (χ4n) is 1.85. The number of nitrogens with zero attached hydrogens (tertiary/aromatic N) is 2. The molecule has 110 valence electrons. The Kier molecular flexibility index (Phi) is 3.94. The molecular formula is C12H10BrN3O5. The molecule has 2 N–H and O–H groups in total. The predicted molar refractivity (Wildman–Crippen MR) is 76.4 cm³/mol. The minimum absolute atomic E-state index is 0.0220. The van der Waals surface area contributed by atoms with Crippen LogP contribution in [0.1, 0.15) is 12.5 Å². The zero-order valence-electron chi connectivity index (χ0n) is 10.8. The summed E-state index contributed by atoms with van der Waals surface area (Å²) in [6.45, 7) is 1.88. The van der Waals surface area contributed by atoms with E-state index < -0.39 is 28.3 Å². The number of nitrogens with one attached hydrogen (secondary N) is 1. The minimum Gasteiger partial charge on any atom is -0.501 e. The van der Waals surface area contributed by atoms with Crippen LogP contribution in [0.15, 0.2) is 22.3 Å². The van der Waals surface area contributed by atoms with E-state index in [1.807, 2.05) is 0 Å². The van der Waals surface area contributed by atoms with Crippen LogP contribution in [0.25, 0.3) is 6.08 Å². The highest BCUT2D eigenvalue weighted by molar-refractivity contribution is 9.10. The largest absolute Gasteiger partial charge is 0.501 e. The van der Waals surface area contributed by atoms with Crippen LogP contribution in [0, 0.1) is 10.1 Å². The van der Waals surface area contributed by atoms with Crippen molar-refractivity contribution in [2.24, 2.45) is 0 Å². The zero-order chi connectivity index (χ0) is 15.7. The molecule has 1 aromatic rings. The average molecular weight is 356 g/mol. The second kappa shape index (κ2) is 5.52. The van der Waals surface area contributed by atoms with Gasteiger partial charge in [-0.25, -0.2) is 4.79 Å². The normalized spacial score (nSPS) is 16.5. The van der Waals surface area contributed by atoms with Crippen LogP contribution >= 0.6 is 15.9 Å². The van der Waals surface area contributed by atoms with Gasteiger partial charge in [0.2, 0.25) is 5.75 Å². The molecule has 9 heteroatoms. The van der Waals surface area contributed by atoms with Gasteiger partial charge in [-0.3, -0.25) is 19.8 Å². The monoisotopic (exact) mass is 355 g/mol. The molecule has 21 heavy (non-hydrogen) atoms. The number of phenols is 1. The molecule has 0 saturated carbocycles. The molecule has 2 rings (SSSR count). The van der Waals surface area contributed by atoms with E-state index in [1.54, 1.807) is 6.92 Å². The van der Waals surface area contributed by atoms with Crippen LogP contribution in [-0.4, -0.2) is 33.4 Å². The number of benzene rings is 1. The first-order valence-electron chi connectivity index (χ1n) is 5.86. The van der Waals surface area contributed by atoms with Gasteiger partial charge < -0.3 is 10.4 Å². The van der Waals surface area contributed by atoms with Crippen molar-refractivity contribution >= 4 is 39.6 Å². The summed E-state index contributed by atoms with van der Waals surface area (Å²) in [6, 6.07) is 1.98. The Balaban J connectivity index is 2.45. The van der Waals surface area contributed by atoms with Gasteiger partial charge in [-0.2, -0.15) is 0 Å². The second-order valence-corrected chi connectivity index (χ2v) is 5.02. The predicted octanol–water partition coefficient (Wildman–Crippen LogP) is 1.98. The van der Waals surface area contributed by atoms with Gasteiger partial charge in [0, 0.05) is 12.6 Å². The molecule has 0 radical (unpaired) electrons. The van der Waals surface area contributed by atoms with Crippen molar-refractivity contribution in [3.05, 3.63) is 38.0 Å². The highest BCUT2D eigenvalue weighted by Crippen LogP contribution is 2.35. The Morgan fingerprint density at radius 1 is 1.48 bits per heavy atom. The van der Waals surface area contributed by atoms with Crippen molar-refractivity contribution in [1.82, 2.24) is 10.2 Å². The Labute approximate surface area is 127 Å². The summed E-state index contributed by atoms with van der Waals surface area (Å²) in [7, 11) is 0. The van der Waals surface area contributed by atoms with E-state index in [1.165, 1.54) is 12.1 Å². The van der Waals surface area contributed by atoms with Gasteiger partial charge in [0.15, 0.2) is 0 Å². The number of urea groups is 1.